The molecule has 1 aromatic heterocycles. The average Bonchev–Trinajstić information content (AvgIpc) is 2.38. The number of hydrogen-bond donors (Lipinski definition) is 1. The quantitative estimate of drug-likeness (QED) is 0.854. The van der Waals surface area contributed by atoms with Crippen molar-refractivity contribution in [1.29, 1.82) is 0 Å². The first-order valence-corrected chi connectivity index (χ1v) is 6.60. The van der Waals surface area contributed by atoms with E-state index in [4.69, 9.17) is 5.73 Å². The van der Waals surface area contributed by atoms with E-state index < -0.39 is 0 Å². The molecule has 0 unspecified atom stereocenters. The Labute approximate surface area is 112 Å². The number of ketones is 1. The van der Waals surface area contributed by atoms with Gasteiger partial charge in [0, 0.05) is 5.56 Å². The van der Waals surface area contributed by atoms with Crippen molar-refractivity contribution in [3.63, 3.8) is 0 Å². The molecule has 0 atom stereocenters. The number of aromatic nitrogens is 1. The van der Waals surface area contributed by atoms with E-state index in [0.717, 1.165) is 0 Å². The maximum Gasteiger partial charge on any atom is 0.211 e. The van der Waals surface area contributed by atoms with Crippen LogP contribution in [0.25, 0.3) is 0 Å². The molecule has 3 nitrogen and oxygen atoms in total. The van der Waals surface area contributed by atoms with Crippen LogP contribution >= 0.6 is 0 Å². The minimum atomic E-state index is -0.0554. The van der Waals surface area contributed by atoms with Crippen LogP contribution in [0.15, 0.2) is 42.6 Å². The molecule has 0 aliphatic heterocycles. The van der Waals surface area contributed by atoms with Crippen molar-refractivity contribution in [3.05, 3.63) is 59.4 Å². The van der Waals surface area contributed by atoms with E-state index in [1.54, 1.807) is 12.1 Å². The monoisotopic (exact) mass is 252 g/mol. The van der Waals surface area contributed by atoms with Crippen LogP contribution in [0.2, 0.25) is 0 Å². The first-order chi connectivity index (χ1) is 9.24. The normalized spacial score (nSPS) is 14.9. The molecule has 3 rings (SSSR count). The fourth-order valence-electron chi connectivity index (χ4n) is 2.34. The van der Waals surface area contributed by atoms with E-state index in [1.165, 1.54) is 31.0 Å². The Kier molecular flexibility index (Phi) is 3.03. The van der Waals surface area contributed by atoms with Crippen LogP contribution in [-0.4, -0.2) is 10.8 Å². The minimum absolute atomic E-state index is 0.0554. The Bertz CT molecular complexity index is 583. The summed E-state index contributed by atoms with van der Waals surface area (Å²) >= 11 is 0. The second-order valence-electron chi connectivity index (χ2n) is 5.06. The van der Waals surface area contributed by atoms with E-state index in [9.17, 15) is 4.79 Å². The van der Waals surface area contributed by atoms with Crippen LogP contribution in [0, 0.1) is 0 Å². The number of carbonyl (C=O) groups excluding carboxylic acids is 1. The number of nitrogens with zero attached hydrogens (tertiary/aromatic N) is 1. The zero-order valence-electron chi connectivity index (χ0n) is 10.7. The van der Waals surface area contributed by atoms with Crippen molar-refractivity contribution in [2.45, 2.75) is 25.2 Å². The highest BCUT2D eigenvalue weighted by Crippen LogP contribution is 2.36. The van der Waals surface area contributed by atoms with E-state index in [1.807, 2.05) is 12.1 Å². The fourth-order valence-corrected chi connectivity index (χ4v) is 2.34. The van der Waals surface area contributed by atoms with Gasteiger partial charge in [-0.05, 0) is 36.5 Å². The molecule has 1 saturated carbocycles. The van der Waals surface area contributed by atoms with Crippen LogP contribution in [0.4, 0.5) is 5.69 Å². The molecule has 0 amide bonds. The molecule has 1 aliphatic rings. The van der Waals surface area contributed by atoms with Crippen molar-refractivity contribution in [3.8, 4) is 0 Å². The van der Waals surface area contributed by atoms with Crippen LogP contribution in [-0.2, 0) is 0 Å². The van der Waals surface area contributed by atoms with Crippen molar-refractivity contribution >= 4 is 11.5 Å². The summed E-state index contributed by atoms with van der Waals surface area (Å²) in [5.41, 5.74) is 8.59. The van der Waals surface area contributed by atoms with E-state index in [-0.39, 0.29) is 5.78 Å². The lowest BCUT2D eigenvalue weighted by Gasteiger charge is -2.25. The third-order valence-electron chi connectivity index (χ3n) is 3.77. The molecular weight excluding hydrogens is 236 g/mol. The average molecular weight is 252 g/mol. The molecule has 1 heterocycles. The second-order valence-corrected chi connectivity index (χ2v) is 5.06. The van der Waals surface area contributed by atoms with Crippen molar-refractivity contribution < 1.29 is 4.79 Å². The van der Waals surface area contributed by atoms with Gasteiger partial charge in [0.1, 0.15) is 5.69 Å². The van der Waals surface area contributed by atoms with E-state index in [0.29, 0.717) is 22.9 Å². The number of nitrogen functional groups attached to an aromatic ring is 1. The van der Waals surface area contributed by atoms with Crippen LogP contribution < -0.4 is 5.73 Å². The molecule has 1 aromatic carbocycles. The van der Waals surface area contributed by atoms with Crippen LogP contribution in [0.1, 0.15) is 46.8 Å². The zero-order chi connectivity index (χ0) is 13.2. The molecule has 1 fully saturated rings. The molecule has 19 heavy (non-hydrogen) atoms. The van der Waals surface area contributed by atoms with Gasteiger partial charge in [0.05, 0.1) is 11.9 Å². The summed E-state index contributed by atoms with van der Waals surface area (Å²) in [5, 5.41) is 0. The number of carbonyl (C=O) groups is 1. The zero-order valence-corrected chi connectivity index (χ0v) is 10.7. The Morgan fingerprint density at radius 1 is 1.11 bits per heavy atom. The number of pyridine rings is 1. The molecule has 0 radical (unpaired) electrons. The van der Waals surface area contributed by atoms with Gasteiger partial charge in [0.25, 0.3) is 0 Å². The maximum atomic E-state index is 12.2. The molecule has 2 N–H and O–H groups in total. The Morgan fingerprint density at radius 2 is 1.84 bits per heavy atom. The fraction of sp³-hybridized carbons (Fsp3) is 0.250. The van der Waals surface area contributed by atoms with Gasteiger partial charge in [-0.3, -0.25) is 9.78 Å². The van der Waals surface area contributed by atoms with Gasteiger partial charge in [0.15, 0.2) is 0 Å². The Morgan fingerprint density at radius 3 is 2.37 bits per heavy atom. The summed E-state index contributed by atoms with van der Waals surface area (Å²) < 4.78 is 0. The Balaban J connectivity index is 1.81. The molecule has 1 aliphatic carbocycles. The predicted octanol–water partition coefficient (Wildman–Crippen LogP) is 3.16. The lowest BCUT2D eigenvalue weighted by molar-refractivity contribution is 0.103. The summed E-state index contributed by atoms with van der Waals surface area (Å²) in [6.45, 7) is 0. The van der Waals surface area contributed by atoms with Gasteiger partial charge in [-0.15, -0.1) is 0 Å². The predicted molar refractivity (Wildman–Crippen MR) is 75.1 cm³/mol. The van der Waals surface area contributed by atoms with Crippen molar-refractivity contribution in [1.82, 2.24) is 4.98 Å². The number of benzene rings is 1. The summed E-state index contributed by atoms with van der Waals surface area (Å²) in [4.78, 5) is 16.3. The second kappa shape index (κ2) is 4.84. The van der Waals surface area contributed by atoms with Gasteiger partial charge in [-0.25, -0.2) is 0 Å². The van der Waals surface area contributed by atoms with E-state index >= 15 is 0 Å². The molecule has 3 heteroatoms. The molecular formula is C16H16N2O. The Hall–Kier alpha value is -2.16. The number of rotatable bonds is 3. The molecule has 0 spiro atoms. The lowest BCUT2D eigenvalue weighted by atomic mass is 9.80. The standard InChI is InChI=1S/C16H16N2O/c17-14-8-9-15(18-10-14)16(19)13-6-4-12(5-7-13)11-2-1-3-11/h4-11H,1-3,17H2. The highest BCUT2D eigenvalue weighted by atomic mass is 16.1. The highest BCUT2D eigenvalue weighted by Gasteiger charge is 2.19. The molecule has 0 bridgehead atoms. The summed E-state index contributed by atoms with van der Waals surface area (Å²) in [6.07, 6.45) is 5.37. The lowest BCUT2D eigenvalue weighted by Crippen LogP contribution is -2.09. The molecule has 96 valence electrons. The number of nitrogens with two attached hydrogens (primary N) is 1. The summed E-state index contributed by atoms with van der Waals surface area (Å²) in [6, 6.07) is 11.3. The first-order valence-electron chi connectivity index (χ1n) is 6.60. The third kappa shape index (κ3) is 2.36. The number of anilines is 1. The first kappa shape index (κ1) is 11.9. The summed E-state index contributed by atoms with van der Waals surface area (Å²) in [7, 11) is 0. The SMILES string of the molecule is Nc1ccc(C(=O)c2ccc(C3CCC3)cc2)nc1. The highest BCUT2D eigenvalue weighted by molar-refractivity contribution is 6.07. The van der Waals surface area contributed by atoms with Gasteiger partial charge in [-0.2, -0.15) is 0 Å². The summed E-state index contributed by atoms with van der Waals surface area (Å²) in [5.74, 6) is 0.638. The van der Waals surface area contributed by atoms with Crippen molar-refractivity contribution in [2.24, 2.45) is 0 Å². The third-order valence-corrected chi connectivity index (χ3v) is 3.77. The van der Waals surface area contributed by atoms with E-state index in [2.05, 4.69) is 17.1 Å². The van der Waals surface area contributed by atoms with Crippen LogP contribution in [0.5, 0.6) is 0 Å². The van der Waals surface area contributed by atoms with Crippen molar-refractivity contribution in [2.75, 3.05) is 5.73 Å². The van der Waals surface area contributed by atoms with Gasteiger partial charge in [0.2, 0.25) is 5.78 Å². The number of hydrogen-bond acceptors (Lipinski definition) is 3. The topological polar surface area (TPSA) is 56.0 Å². The smallest absolute Gasteiger partial charge is 0.211 e. The molecule has 2 aromatic rings. The van der Waals surface area contributed by atoms with Gasteiger partial charge >= 0.3 is 0 Å². The largest absolute Gasteiger partial charge is 0.397 e. The van der Waals surface area contributed by atoms with Crippen LogP contribution in [0.3, 0.4) is 0 Å². The minimum Gasteiger partial charge on any atom is -0.397 e. The molecule has 0 saturated heterocycles. The van der Waals surface area contributed by atoms with Gasteiger partial charge in [-0.1, -0.05) is 30.7 Å². The van der Waals surface area contributed by atoms with Gasteiger partial charge < -0.3 is 5.73 Å². The maximum absolute atomic E-state index is 12.2.